The summed E-state index contributed by atoms with van der Waals surface area (Å²) in [6.07, 6.45) is 0. The smallest absolute Gasteiger partial charge is 0.317 e. The third-order valence-corrected chi connectivity index (χ3v) is 4.97. The normalized spacial score (nSPS) is 14.0. The molecule has 0 saturated carbocycles. The summed E-state index contributed by atoms with van der Waals surface area (Å²) >= 11 is 0. The molecule has 0 unspecified atom stereocenters. The molecule has 0 aliphatic carbocycles. The Morgan fingerprint density at radius 2 is 1.75 bits per heavy atom. The number of nitrogens with one attached hydrogen (secondary N) is 1. The Bertz CT molecular complexity index is 784. The van der Waals surface area contributed by atoms with E-state index >= 15 is 0 Å². The molecule has 0 aromatic heterocycles. The maximum absolute atomic E-state index is 12.4. The number of piperazine rings is 1. The zero-order chi connectivity index (χ0) is 19.9. The SMILES string of the molecule is COc1ccc(N2CCN(C(=O)NCCOc3ccc(C)cc3C)CC2)cc1. The molecule has 0 bridgehead atoms. The fourth-order valence-electron chi connectivity index (χ4n) is 3.35. The van der Waals surface area contributed by atoms with Gasteiger partial charge in [0.15, 0.2) is 0 Å². The van der Waals surface area contributed by atoms with Gasteiger partial charge in [-0.1, -0.05) is 17.7 Å². The van der Waals surface area contributed by atoms with Crippen LogP contribution in [0.25, 0.3) is 0 Å². The summed E-state index contributed by atoms with van der Waals surface area (Å²) < 4.78 is 11.0. The number of benzene rings is 2. The minimum absolute atomic E-state index is 0.0291. The van der Waals surface area contributed by atoms with Crippen molar-refractivity contribution >= 4 is 11.7 Å². The van der Waals surface area contributed by atoms with Crippen molar-refractivity contribution in [2.45, 2.75) is 13.8 Å². The molecular weight excluding hydrogens is 354 g/mol. The molecule has 150 valence electrons. The highest BCUT2D eigenvalue weighted by Crippen LogP contribution is 2.21. The van der Waals surface area contributed by atoms with Crippen molar-refractivity contribution in [1.29, 1.82) is 0 Å². The molecule has 1 aliphatic heterocycles. The maximum Gasteiger partial charge on any atom is 0.317 e. The van der Waals surface area contributed by atoms with Crippen molar-refractivity contribution in [1.82, 2.24) is 10.2 Å². The van der Waals surface area contributed by atoms with Gasteiger partial charge in [0, 0.05) is 31.9 Å². The molecule has 0 spiro atoms. The van der Waals surface area contributed by atoms with E-state index < -0.39 is 0 Å². The zero-order valence-corrected chi connectivity index (χ0v) is 16.9. The minimum atomic E-state index is -0.0291. The summed E-state index contributed by atoms with van der Waals surface area (Å²) in [5, 5.41) is 2.95. The molecule has 1 fully saturated rings. The Labute approximate surface area is 167 Å². The van der Waals surface area contributed by atoms with E-state index in [0.29, 0.717) is 26.2 Å². The minimum Gasteiger partial charge on any atom is -0.497 e. The van der Waals surface area contributed by atoms with Gasteiger partial charge in [-0.25, -0.2) is 4.79 Å². The van der Waals surface area contributed by atoms with Gasteiger partial charge < -0.3 is 24.6 Å². The van der Waals surface area contributed by atoms with Gasteiger partial charge in [-0.3, -0.25) is 0 Å². The molecule has 28 heavy (non-hydrogen) atoms. The van der Waals surface area contributed by atoms with E-state index in [1.807, 2.05) is 36.1 Å². The fourth-order valence-corrected chi connectivity index (χ4v) is 3.35. The van der Waals surface area contributed by atoms with Crippen LogP contribution in [0.1, 0.15) is 11.1 Å². The van der Waals surface area contributed by atoms with Crippen LogP contribution in [0.15, 0.2) is 42.5 Å². The van der Waals surface area contributed by atoms with Crippen molar-refractivity contribution in [3.05, 3.63) is 53.6 Å². The largest absolute Gasteiger partial charge is 0.497 e. The summed E-state index contributed by atoms with van der Waals surface area (Å²) in [7, 11) is 1.67. The summed E-state index contributed by atoms with van der Waals surface area (Å²) in [5.74, 6) is 1.72. The Kier molecular flexibility index (Phi) is 6.63. The van der Waals surface area contributed by atoms with Gasteiger partial charge in [0.1, 0.15) is 18.1 Å². The molecular formula is C22H29N3O3. The van der Waals surface area contributed by atoms with Crippen molar-refractivity contribution in [2.75, 3.05) is 51.3 Å². The Morgan fingerprint density at radius 3 is 2.39 bits per heavy atom. The highest BCUT2D eigenvalue weighted by molar-refractivity contribution is 5.74. The lowest BCUT2D eigenvalue weighted by atomic mass is 10.1. The van der Waals surface area contributed by atoms with Crippen molar-refractivity contribution in [2.24, 2.45) is 0 Å². The van der Waals surface area contributed by atoms with Gasteiger partial charge in [0.25, 0.3) is 0 Å². The second kappa shape index (κ2) is 9.35. The van der Waals surface area contributed by atoms with Gasteiger partial charge in [-0.05, 0) is 49.7 Å². The first kappa shape index (κ1) is 19.9. The van der Waals surface area contributed by atoms with Crippen LogP contribution in [0, 0.1) is 13.8 Å². The van der Waals surface area contributed by atoms with Crippen LogP contribution in [0.2, 0.25) is 0 Å². The van der Waals surface area contributed by atoms with Crippen LogP contribution in [-0.2, 0) is 0 Å². The molecule has 2 aromatic rings. The van der Waals surface area contributed by atoms with E-state index in [-0.39, 0.29) is 6.03 Å². The number of urea groups is 1. The molecule has 1 saturated heterocycles. The zero-order valence-electron chi connectivity index (χ0n) is 16.9. The molecule has 2 amide bonds. The van der Waals surface area contributed by atoms with Crippen molar-refractivity contribution in [3.63, 3.8) is 0 Å². The first-order chi connectivity index (χ1) is 13.6. The van der Waals surface area contributed by atoms with E-state index in [1.165, 1.54) is 5.56 Å². The highest BCUT2D eigenvalue weighted by Gasteiger charge is 2.21. The Morgan fingerprint density at radius 1 is 1.04 bits per heavy atom. The fraction of sp³-hybridized carbons (Fsp3) is 0.409. The number of carbonyl (C=O) groups is 1. The topological polar surface area (TPSA) is 54.0 Å². The average molecular weight is 383 g/mol. The molecule has 2 aromatic carbocycles. The standard InChI is InChI=1S/C22H29N3O3/c1-17-4-9-21(18(2)16-17)28-15-10-23-22(26)25-13-11-24(12-14-25)19-5-7-20(27-3)8-6-19/h4-9,16H,10-15H2,1-3H3,(H,23,26). The van der Waals surface area contributed by atoms with E-state index in [1.54, 1.807) is 7.11 Å². The molecule has 3 rings (SSSR count). The molecule has 0 radical (unpaired) electrons. The highest BCUT2D eigenvalue weighted by atomic mass is 16.5. The lowest BCUT2D eigenvalue weighted by Crippen LogP contribution is -2.52. The summed E-state index contributed by atoms with van der Waals surface area (Å²) in [6, 6.07) is 14.1. The summed E-state index contributed by atoms with van der Waals surface area (Å²) in [4.78, 5) is 16.5. The quantitative estimate of drug-likeness (QED) is 0.778. The maximum atomic E-state index is 12.4. The second-order valence-electron chi connectivity index (χ2n) is 7.02. The number of ether oxygens (including phenoxy) is 2. The molecule has 0 atom stereocenters. The summed E-state index contributed by atoms with van der Waals surface area (Å²) in [5.41, 5.74) is 3.48. The number of rotatable bonds is 6. The molecule has 1 N–H and O–H groups in total. The van der Waals surface area contributed by atoms with Crippen LogP contribution in [-0.4, -0.2) is 57.4 Å². The molecule has 1 heterocycles. The lowest BCUT2D eigenvalue weighted by molar-refractivity contribution is 0.191. The number of hydrogen-bond acceptors (Lipinski definition) is 4. The number of aryl methyl sites for hydroxylation is 2. The predicted molar refractivity (Wildman–Crippen MR) is 112 cm³/mol. The van der Waals surface area contributed by atoms with Crippen LogP contribution >= 0.6 is 0 Å². The molecule has 6 nitrogen and oxygen atoms in total. The Hall–Kier alpha value is -2.89. The van der Waals surface area contributed by atoms with E-state index in [0.717, 1.165) is 35.8 Å². The number of anilines is 1. The van der Waals surface area contributed by atoms with Crippen LogP contribution in [0.3, 0.4) is 0 Å². The van der Waals surface area contributed by atoms with Gasteiger partial charge in [-0.15, -0.1) is 0 Å². The number of methoxy groups -OCH3 is 1. The van der Waals surface area contributed by atoms with E-state index in [2.05, 4.69) is 35.3 Å². The predicted octanol–water partition coefficient (Wildman–Crippen LogP) is 3.22. The third-order valence-electron chi connectivity index (χ3n) is 4.97. The second-order valence-corrected chi connectivity index (χ2v) is 7.02. The number of amides is 2. The van der Waals surface area contributed by atoms with Crippen LogP contribution in [0.5, 0.6) is 11.5 Å². The number of hydrogen-bond donors (Lipinski definition) is 1. The lowest BCUT2D eigenvalue weighted by Gasteiger charge is -2.36. The van der Waals surface area contributed by atoms with Crippen molar-refractivity contribution in [3.8, 4) is 11.5 Å². The molecule has 1 aliphatic rings. The molecule has 6 heteroatoms. The van der Waals surface area contributed by atoms with Gasteiger partial charge in [0.05, 0.1) is 13.7 Å². The van der Waals surface area contributed by atoms with Crippen LogP contribution < -0.4 is 19.7 Å². The van der Waals surface area contributed by atoms with Crippen LogP contribution in [0.4, 0.5) is 10.5 Å². The first-order valence-corrected chi connectivity index (χ1v) is 9.68. The van der Waals surface area contributed by atoms with Gasteiger partial charge in [0.2, 0.25) is 0 Å². The van der Waals surface area contributed by atoms with Gasteiger partial charge >= 0.3 is 6.03 Å². The Balaban J connectivity index is 1.38. The third kappa shape index (κ3) is 5.09. The van der Waals surface area contributed by atoms with Gasteiger partial charge in [-0.2, -0.15) is 0 Å². The number of carbonyl (C=O) groups excluding carboxylic acids is 1. The first-order valence-electron chi connectivity index (χ1n) is 9.68. The van der Waals surface area contributed by atoms with Crippen molar-refractivity contribution < 1.29 is 14.3 Å². The number of nitrogens with zero attached hydrogens (tertiary/aromatic N) is 2. The van der Waals surface area contributed by atoms with E-state index in [4.69, 9.17) is 9.47 Å². The average Bonchev–Trinajstić information content (AvgIpc) is 2.72. The monoisotopic (exact) mass is 383 g/mol. The summed E-state index contributed by atoms with van der Waals surface area (Å²) in [6.45, 7) is 8.09. The van der Waals surface area contributed by atoms with E-state index in [9.17, 15) is 4.79 Å².